The lowest BCUT2D eigenvalue weighted by Gasteiger charge is -2.21. The number of carbonyl (C=O) groups excluding carboxylic acids is 1. The molecule has 1 aromatic rings. The third-order valence-electron chi connectivity index (χ3n) is 1.95. The van der Waals surface area contributed by atoms with E-state index in [1.54, 1.807) is 24.3 Å². The van der Waals surface area contributed by atoms with Gasteiger partial charge in [-0.1, -0.05) is 29.8 Å². The maximum Gasteiger partial charge on any atom is 0.241 e. The predicted octanol–water partition coefficient (Wildman–Crippen LogP) is 0.999. The van der Waals surface area contributed by atoms with Crippen LogP contribution in [0.15, 0.2) is 24.3 Å². The van der Waals surface area contributed by atoms with E-state index >= 15 is 0 Å². The van der Waals surface area contributed by atoms with Crippen molar-refractivity contribution in [1.29, 1.82) is 0 Å². The average Bonchev–Trinajstić information content (AvgIpc) is 2.04. The number of hydrogen-bond acceptors (Lipinski definition) is 2. The summed E-state index contributed by atoms with van der Waals surface area (Å²) >= 11 is 5.87. The molecule has 4 heteroatoms. The maximum atomic E-state index is 11.0. The van der Waals surface area contributed by atoms with Gasteiger partial charge in [-0.15, -0.1) is 0 Å². The summed E-state index contributed by atoms with van der Waals surface area (Å²) in [6.07, 6.45) is 0. The van der Waals surface area contributed by atoms with Crippen molar-refractivity contribution in [2.45, 2.75) is 12.5 Å². The van der Waals surface area contributed by atoms with Crippen LogP contribution in [-0.4, -0.2) is 5.91 Å². The third kappa shape index (κ3) is 1.82. The molecule has 0 bridgehead atoms. The molecule has 0 aliphatic rings. The number of amides is 1. The fraction of sp³-hybridized carbons (Fsp3) is 0.222. The number of rotatable bonds is 2. The van der Waals surface area contributed by atoms with Crippen LogP contribution < -0.4 is 11.5 Å². The minimum atomic E-state index is -1.21. The summed E-state index contributed by atoms with van der Waals surface area (Å²) in [5.74, 6) is -0.597. The molecule has 70 valence electrons. The second-order valence-electron chi connectivity index (χ2n) is 3.05. The van der Waals surface area contributed by atoms with Crippen molar-refractivity contribution in [3.63, 3.8) is 0 Å². The maximum absolute atomic E-state index is 11.0. The number of carbonyl (C=O) groups is 1. The van der Waals surface area contributed by atoms with Gasteiger partial charge < -0.3 is 11.5 Å². The van der Waals surface area contributed by atoms with Crippen molar-refractivity contribution in [2.24, 2.45) is 11.5 Å². The van der Waals surface area contributed by atoms with E-state index in [4.69, 9.17) is 23.1 Å². The number of benzene rings is 1. The van der Waals surface area contributed by atoms with Gasteiger partial charge in [0.2, 0.25) is 5.91 Å². The topological polar surface area (TPSA) is 69.1 Å². The molecule has 0 aliphatic carbocycles. The number of halogens is 1. The van der Waals surface area contributed by atoms with Crippen molar-refractivity contribution in [2.75, 3.05) is 0 Å². The first-order valence-corrected chi connectivity index (χ1v) is 4.18. The zero-order valence-electron chi connectivity index (χ0n) is 7.25. The van der Waals surface area contributed by atoms with Gasteiger partial charge >= 0.3 is 0 Å². The fourth-order valence-corrected chi connectivity index (χ4v) is 1.35. The highest BCUT2D eigenvalue weighted by atomic mass is 35.5. The standard InChI is InChI=1S/C9H11ClN2O/c1-9(12,8(11)13)6-4-2-3-5-7(6)10/h2-5H,12H2,1H3,(H2,11,13). The van der Waals surface area contributed by atoms with Crippen molar-refractivity contribution in [3.8, 4) is 0 Å². The van der Waals surface area contributed by atoms with Crippen molar-refractivity contribution in [3.05, 3.63) is 34.9 Å². The molecular weight excluding hydrogens is 188 g/mol. The highest BCUT2D eigenvalue weighted by Crippen LogP contribution is 2.25. The van der Waals surface area contributed by atoms with E-state index in [-0.39, 0.29) is 0 Å². The molecule has 1 unspecified atom stereocenters. The first kappa shape index (κ1) is 10.0. The molecule has 0 fully saturated rings. The normalized spacial score (nSPS) is 15.0. The Morgan fingerprint density at radius 2 is 2.00 bits per heavy atom. The summed E-state index contributed by atoms with van der Waals surface area (Å²) in [6.45, 7) is 1.54. The van der Waals surface area contributed by atoms with Gasteiger partial charge in [0.25, 0.3) is 0 Å². The van der Waals surface area contributed by atoms with Gasteiger partial charge in [0.15, 0.2) is 0 Å². The second kappa shape index (κ2) is 3.36. The summed E-state index contributed by atoms with van der Waals surface area (Å²) in [5, 5.41) is 0.450. The molecular formula is C9H11ClN2O. The molecule has 4 N–H and O–H groups in total. The molecule has 1 aromatic carbocycles. The van der Waals surface area contributed by atoms with Gasteiger partial charge in [-0.3, -0.25) is 4.79 Å². The summed E-state index contributed by atoms with van der Waals surface area (Å²) < 4.78 is 0. The van der Waals surface area contributed by atoms with Gasteiger partial charge in [0.05, 0.1) is 0 Å². The molecule has 1 rings (SSSR count). The van der Waals surface area contributed by atoms with Crippen LogP contribution in [0.1, 0.15) is 12.5 Å². The molecule has 0 aromatic heterocycles. The van der Waals surface area contributed by atoms with E-state index in [1.165, 1.54) is 6.92 Å². The second-order valence-corrected chi connectivity index (χ2v) is 3.45. The average molecular weight is 199 g/mol. The van der Waals surface area contributed by atoms with Crippen LogP contribution in [-0.2, 0) is 10.3 Å². The van der Waals surface area contributed by atoms with Crippen LogP contribution >= 0.6 is 11.6 Å². The Bertz CT molecular complexity index is 336. The molecule has 13 heavy (non-hydrogen) atoms. The minimum Gasteiger partial charge on any atom is -0.368 e. The zero-order chi connectivity index (χ0) is 10.1. The van der Waals surface area contributed by atoms with E-state index in [2.05, 4.69) is 0 Å². The molecule has 0 heterocycles. The van der Waals surface area contributed by atoms with Crippen molar-refractivity contribution < 1.29 is 4.79 Å². The highest BCUT2D eigenvalue weighted by Gasteiger charge is 2.29. The Labute approximate surface area is 81.7 Å². The number of primary amides is 1. The van der Waals surface area contributed by atoms with Crippen LogP contribution in [0, 0.1) is 0 Å². The van der Waals surface area contributed by atoms with Crippen LogP contribution in [0.5, 0.6) is 0 Å². The van der Waals surface area contributed by atoms with Crippen molar-refractivity contribution in [1.82, 2.24) is 0 Å². The summed E-state index contributed by atoms with van der Waals surface area (Å²) in [4.78, 5) is 11.0. The Hall–Kier alpha value is -1.06. The van der Waals surface area contributed by atoms with E-state index in [9.17, 15) is 4.79 Å². The van der Waals surface area contributed by atoms with Crippen LogP contribution in [0.2, 0.25) is 5.02 Å². The smallest absolute Gasteiger partial charge is 0.241 e. The Balaban J connectivity index is 3.22. The number of nitrogens with two attached hydrogens (primary N) is 2. The van der Waals surface area contributed by atoms with E-state index in [0.29, 0.717) is 10.6 Å². The highest BCUT2D eigenvalue weighted by molar-refractivity contribution is 6.31. The van der Waals surface area contributed by atoms with E-state index < -0.39 is 11.4 Å². The van der Waals surface area contributed by atoms with Crippen LogP contribution in [0.25, 0.3) is 0 Å². The Morgan fingerprint density at radius 3 is 2.46 bits per heavy atom. The van der Waals surface area contributed by atoms with E-state index in [1.807, 2.05) is 0 Å². The Kier molecular flexibility index (Phi) is 2.59. The van der Waals surface area contributed by atoms with Crippen LogP contribution in [0.3, 0.4) is 0 Å². The molecule has 3 nitrogen and oxygen atoms in total. The molecule has 0 aliphatic heterocycles. The minimum absolute atomic E-state index is 0.450. The summed E-state index contributed by atoms with van der Waals surface area (Å²) in [5.41, 5.74) is 10.2. The number of hydrogen-bond donors (Lipinski definition) is 2. The Morgan fingerprint density at radius 1 is 1.46 bits per heavy atom. The molecule has 0 saturated heterocycles. The summed E-state index contributed by atoms with van der Waals surface area (Å²) in [7, 11) is 0. The van der Waals surface area contributed by atoms with Gasteiger partial charge in [0.1, 0.15) is 5.54 Å². The molecule has 0 spiro atoms. The monoisotopic (exact) mass is 198 g/mol. The zero-order valence-corrected chi connectivity index (χ0v) is 8.01. The molecule has 0 radical (unpaired) electrons. The fourth-order valence-electron chi connectivity index (χ4n) is 1.02. The lowest BCUT2D eigenvalue weighted by molar-refractivity contribution is -0.122. The largest absolute Gasteiger partial charge is 0.368 e. The first-order chi connectivity index (χ1) is 5.96. The summed E-state index contributed by atoms with van der Waals surface area (Å²) in [6, 6.07) is 6.89. The van der Waals surface area contributed by atoms with Gasteiger partial charge in [-0.2, -0.15) is 0 Å². The lowest BCUT2D eigenvalue weighted by Crippen LogP contribution is -2.46. The molecule has 1 amide bonds. The first-order valence-electron chi connectivity index (χ1n) is 3.80. The van der Waals surface area contributed by atoms with Gasteiger partial charge in [0, 0.05) is 5.02 Å². The molecule has 1 atom stereocenters. The van der Waals surface area contributed by atoms with Gasteiger partial charge in [-0.05, 0) is 18.6 Å². The third-order valence-corrected chi connectivity index (χ3v) is 2.27. The van der Waals surface area contributed by atoms with Crippen LogP contribution in [0.4, 0.5) is 0 Å². The van der Waals surface area contributed by atoms with E-state index in [0.717, 1.165) is 0 Å². The molecule has 0 saturated carbocycles. The predicted molar refractivity (Wildman–Crippen MR) is 52.2 cm³/mol. The SMILES string of the molecule is CC(N)(C(N)=O)c1ccccc1Cl. The quantitative estimate of drug-likeness (QED) is 0.745. The van der Waals surface area contributed by atoms with Crippen molar-refractivity contribution >= 4 is 17.5 Å². The lowest BCUT2D eigenvalue weighted by atomic mass is 9.93. The van der Waals surface area contributed by atoms with Gasteiger partial charge in [-0.25, -0.2) is 0 Å².